The van der Waals surface area contributed by atoms with Crippen LogP contribution in [0.4, 0.5) is 0 Å². The van der Waals surface area contributed by atoms with Gasteiger partial charge in [-0.3, -0.25) is 14.4 Å². The highest BCUT2D eigenvalue weighted by Gasteiger charge is 2.71. The summed E-state index contributed by atoms with van der Waals surface area (Å²) in [7, 11) is 4.04. The number of Topliss-reactive ketones (excluding diaryl/α,β-unsaturated/α-hetero) is 1. The van der Waals surface area contributed by atoms with Gasteiger partial charge in [0.25, 0.3) is 0 Å². The van der Waals surface area contributed by atoms with Crippen molar-refractivity contribution in [3.8, 4) is 17.5 Å². The first kappa shape index (κ1) is 44.2. The largest absolute Gasteiger partial charge is 0.481 e. The minimum absolute atomic E-state index is 0.00717. The number of aliphatic hydroxyl groups is 1. The molecule has 2 N–H and O–H groups in total. The lowest BCUT2D eigenvalue weighted by Crippen LogP contribution is -2.66. The summed E-state index contributed by atoms with van der Waals surface area (Å²) >= 11 is 0. The fourth-order valence-corrected chi connectivity index (χ4v) is 14.0. The topological polar surface area (TPSA) is 159 Å². The van der Waals surface area contributed by atoms with E-state index in [1.54, 1.807) is 26.0 Å². The van der Waals surface area contributed by atoms with Gasteiger partial charge in [-0.25, -0.2) is 0 Å². The van der Waals surface area contributed by atoms with E-state index in [1.807, 2.05) is 30.8 Å². The molecule has 0 unspecified atom stereocenters. The van der Waals surface area contributed by atoms with Crippen molar-refractivity contribution in [2.75, 3.05) is 20.6 Å². The maximum absolute atomic E-state index is 14.5. The Labute approximate surface area is 357 Å². The Balaban J connectivity index is 1.23. The number of carboxylic acids is 1. The molecule has 5 aliphatic carbocycles. The second kappa shape index (κ2) is 15.2. The molecule has 326 valence electrons. The van der Waals surface area contributed by atoms with Gasteiger partial charge in [-0.05, 0) is 155 Å². The van der Waals surface area contributed by atoms with Crippen LogP contribution in [0.2, 0.25) is 0 Å². The number of likely N-dealkylation sites (N-methyl/N-ethyl adjacent to an activating group) is 1. The van der Waals surface area contributed by atoms with Gasteiger partial charge in [-0.1, -0.05) is 48.5 Å². The molecule has 0 saturated heterocycles. The first-order chi connectivity index (χ1) is 28.0. The van der Waals surface area contributed by atoms with E-state index in [4.69, 9.17) is 9.84 Å². The molecule has 0 radical (unpaired) electrons. The molecule has 1 aromatic heterocycles. The summed E-state index contributed by atoms with van der Waals surface area (Å²) < 4.78 is 8.23. The third-order valence-electron chi connectivity index (χ3n) is 17.5. The third kappa shape index (κ3) is 6.69. The summed E-state index contributed by atoms with van der Waals surface area (Å²) in [4.78, 5) is 41.6. The van der Waals surface area contributed by atoms with Crippen LogP contribution in [0.25, 0.3) is 11.4 Å². The maximum atomic E-state index is 14.5. The Morgan fingerprint density at radius 1 is 0.967 bits per heavy atom. The number of benzene rings is 1. The normalized spacial score (nSPS) is 34.0. The number of hydrogen-bond acceptors (Lipinski definition) is 9. The molecular weight excluding hydrogens is 755 g/mol. The molecule has 0 aliphatic heterocycles. The summed E-state index contributed by atoms with van der Waals surface area (Å²) in [5.74, 6) is 0.739. The van der Waals surface area contributed by atoms with Crippen LogP contribution < -0.4 is 0 Å². The van der Waals surface area contributed by atoms with Gasteiger partial charge in [0, 0.05) is 35.9 Å². The summed E-state index contributed by atoms with van der Waals surface area (Å²) in [6.07, 6.45) is 6.07. The highest BCUT2D eigenvalue weighted by molar-refractivity contribution is 6.00. The number of carboxylic acid groups (broad SMARTS) is 1. The monoisotopic (exact) mass is 824 g/mol. The number of aromatic nitrogens is 3. The molecule has 5 aliphatic rings. The number of esters is 1. The predicted octanol–water partition coefficient (Wildman–Crippen LogP) is 8.81. The Morgan fingerprint density at radius 3 is 2.27 bits per heavy atom. The fraction of sp³-hybridized carbons (Fsp3) is 0.714. The van der Waals surface area contributed by atoms with Crippen LogP contribution in [-0.4, -0.2) is 74.3 Å². The number of rotatable bonds is 11. The van der Waals surface area contributed by atoms with Gasteiger partial charge < -0.3 is 24.4 Å². The van der Waals surface area contributed by atoms with E-state index in [9.17, 15) is 29.9 Å². The highest BCUT2D eigenvalue weighted by atomic mass is 16.5. The number of nitriles is 1. The lowest BCUT2D eigenvalue weighted by Gasteiger charge is -2.72. The van der Waals surface area contributed by atoms with Gasteiger partial charge >= 0.3 is 11.9 Å². The SMILES string of the molecule is CC(C)C1=C2[C@H]3CC[C@@H]4[C@@]5(C)CC[C@H](OC(=O)CC(C)(C)C(=O)O)C(C)(C)[C@@H]5CC[C@@]4(C)[C@]3(C)CC[C@@]2([C@@H](O)c2nnc(-c3ccc(C#N)cc3)n2CCN(C)C)CC1=O. The molecule has 4 saturated carbocycles. The number of carbonyl (C=O) groups excluding carboxylic acids is 2. The molecule has 11 nitrogen and oxygen atoms in total. The van der Waals surface area contributed by atoms with E-state index < -0.39 is 28.9 Å². The number of fused-ring (bicyclic) bond motifs is 7. The maximum Gasteiger partial charge on any atom is 0.309 e. The highest BCUT2D eigenvalue weighted by Crippen LogP contribution is 2.77. The number of ether oxygens (including phenoxy) is 1. The van der Waals surface area contributed by atoms with Gasteiger partial charge in [0.15, 0.2) is 17.4 Å². The van der Waals surface area contributed by atoms with Crippen LogP contribution in [0, 0.1) is 67.5 Å². The first-order valence-electron chi connectivity index (χ1n) is 22.5. The zero-order chi connectivity index (χ0) is 44.0. The number of aliphatic carboxylic acids is 1. The fourth-order valence-electron chi connectivity index (χ4n) is 14.0. The Hall–Kier alpha value is -3.88. The summed E-state index contributed by atoms with van der Waals surface area (Å²) in [5, 5.41) is 41.5. The Kier molecular flexibility index (Phi) is 11.2. The zero-order valence-corrected chi connectivity index (χ0v) is 38.0. The van der Waals surface area contributed by atoms with Crippen molar-refractivity contribution in [1.29, 1.82) is 5.26 Å². The van der Waals surface area contributed by atoms with E-state index in [-0.39, 0.29) is 58.2 Å². The van der Waals surface area contributed by atoms with Crippen molar-refractivity contribution in [2.45, 2.75) is 145 Å². The number of hydrogen-bond donors (Lipinski definition) is 2. The molecule has 9 atom stereocenters. The van der Waals surface area contributed by atoms with Crippen LogP contribution >= 0.6 is 0 Å². The van der Waals surface area contributed by atoms with Crippen LogP contribution in [-0.2, 0) is 25.7 Å². The van der Waals surface area contributed by atoms with E-state index >= 15 is 0 Å². The van der Waals surface area contributed by atoms with Crippen molar-refractivity contribution in [3.63, 3.8) is 0 Å². The summed E-state index contributed by atoms with van der Waals surface area (Å²) in [6, 6.07) is 9.51. The quantitative estimate of drug-likeness (QED) is 0.210. The van der Waals surface area contributed by atoms with E-state index in [0.717, 1.165) is 56.1 Å². The standard InChI is InChI=1S/C49H69N5O6/c1-29(2)38-33(55)26-49(40(57)42-52-51-41(54(42)25-24-53(10)11)31-14-12-30(28-50)13-15-31)23-22-47(8)32(39(38)49)16-17-35-46(7)20-19-36(60-37(56)27-44(3,4)43(58)59)45(5,6)34(46)18-21-48(35,47)9/h12-15,29,32,34-36,40,57H,16-27H2,1-11H3,(H,58,59)/t32-,34+,35-,36+,40+,46+,47-,48-,49-/m1/s1. The molecule has 2 aromatic rings. The molecule has 1 aromatic carbocycles. The van der Waals surface area contributed by atoms with Crippen molar-refractivity contribution in [2.24, 2.45) is 56.2 Å². The van der Waals surface area contributed by atoms with Crippen molar-refractivity contribution >= 4 is 17.7 Å². The average molecular weight is 824 g/mol. The van der Waals surface area contributed by atoms with Crippen LogP contribution in [0.3, 0.4) is 0 Å². The minimum Gasteiger partial charge on any atom is -0.481 e. The van der Waals surface area contributed by atoms with Gasteiger partial charge in [0.2, 0.25) is 0 Å². The van der Waals surface area contributed by atoms with E-state index in [2.05, 4.69) is 64.5 Å². The first-order valence-corrected chi connectivity index (χ1v) is 22.5. The summed E-state index contributed by atoms with van der Waals surface area (Å²) in [6.45, 7) is 20.7. The lowest BCUT2D eigenvalue weighted by atomic mass is 9.33. The number of carbonyl (C=O) groups is 3. The van der Waals surface area contributed by atoms with Crippen molar-refractivity contribution in [3.05, 3.63) is 46.8 Å². The van der Waals surface area contributed by atoms with Gasteiger partial charge in [0.05, 0.1) is 23.5 Å². The number of aliphatic hydroxyl groups excluding tert-OH is 1. The van der Waals surface area contributed by atoms with Gasteiger partial charge in [-0.2, -0.15) is 5.26 Å². The van der Waals surface area contributed by atoms with Gasteiger partial charge in [0.1, 0.15) is 12.2 Å². The number of ketones is 1. The van der Waals surface area contributed by atoms with E-state index in [0.29, 0.717) is 48.6 Å². The Bertz CT molecular complexity index is 2110. The molecule has 7 rings (SSSR count). The molecule has 4 fully saturated rings. The number of nitrogens with zero attached hydrogens (tertiary/aromatic N) is 5. The third-order valence-corrected chi connectivity index (χ3v) is 17.5. The minimum atomic E-state index is -1.19. The number of allylic oxidation sites excluding steroid dienone is 1. The second-order valence-electron chi connectivity index (χ2n) is 22.0. The predicted molar refractivity (Wildman–Crippen MR) is 229 cm³/mol. The second-order valence-corrected chi connectivity index (χ2v) is 22.0. The van der Waals surface area contributed by atoms with Crippen LogP contribution in [0.5, 0.6) is 0 Å². The van der Waals surface area contributed by atoms with Gasteiger partial charge in [-0.15, -0.1) is 10.2 Å². The molecular formula is C49H69N5O6. The summed E-state index contributed by atoms with van der Waals surface area (Å²) in [5.41, 5.74) is 1.08. The average Bonchev–Trinajstić information content (AvgIpc) is 3.73. The van der Waals surface area contributed by atoms with Crippen LogP contribution in [0.1, 0.15) is 144 Å². The Morgan fingerprint density at radius 2 is 1.65 bits per heavy atom. The molecule has 0 spiro atoms. The molecule has 0 bridgehead atoms. The molecule has 0 amide bonds. The molecule has 11 heteroatoms. The smallest absolute Gasteiger partial charge is 0.309 e. The van der Waals surface area contributed by atoms with Crippen molar-refractivity contribution in [1.82, 2.24) is 19.7 Å². The molecule has 60 heavy (non-hydrogen) atoms. The zero-order valence-electron chi connectivity index (χ0n) is 38.0. The molecule has 1 heterocycles. The van der Waals surface area contributed by atoms with Crippen molar-refractivity contribution < 1.29 is 29.3 Å². The lowest BCUT2D eigenvalue weighted by molar-refractivity contribution is -0.235. The van der Waals surface area contributed by atoms with E-state index in [1.165, 1.54) is 5.57 Å². The van der Waals surface area contributed by atoms with Crippen LogP contribution in [0.15, 0.2) is 35.4 Å².